The van der Waals surface area contributed by atoms with Crippen molar-refractivity contribution in [3.8, 4) is 5.75 Å². The van der Waals surface area contributed by atoms with E-state index in [1.54, 1.807) is 12.1 Å². The number of rotatable bonds is 4. The van der Waals surface area contributed by atoms with E-state index in [0.29, 0.717) is 6.04 Å². The Labute approximate surface area is 108 Å². The van der Waals surface area contributed by atoms with Gasteiger partial charge in [-0.15, -0.1) is 0 Å². The van der Waals surface area contributed by atoms with Gasteiger partial charge < -0.3 is 9.64 Å². The van der Waals surface area contributed by atoms with E-state index in [2.05, 4.69) is 11.9 Å². The summed E-state index contributed by atoms with van der Waals surface area (Å²) in [4.78, 5) is 2.52. The van der Waals surface area contributed by atoms with Gasteiger partial charge in [-0.05, 0) is 62.9 Å². The number of benzene rings is 1. The first-order valence-electron chi connectivity index (χ1n) is 6.82. The molecular formula is C15H20FNO. The fourth-order valence-electron chi connectivity index (χ4n) is 3.24. The molecule has 1 aromatic carbocycles. The summed E-state index contributed by atoms with van der Waals surface area (Å²) in [6.45, 7) is 0.722. The van der Waals surface area contributed by atoms with Crippen molar-refractivity contribution in [1.29, 1.82) is 0 Å². The molecular weight excluding hydrogens is 229 g/mol. The third-order valence-electron chi connectivity index (χ3n) is 4.50. The van der Waals surface area contributed by atoms with Gasteiger partial charge >= 0.3 is 0 Å². The zero-order valence-corrected chi connectivity index (χ0v) is 10.8. The van der Waals surface area contributed by atoms with Crippen molar-refractivity contribution in [3.63, 3.8) is 0 Å². The largest absolute Gasteiger partial charge is 0.494 e. The Bertz CT molecular complexity index is 399. The summed E-state index contributed by atoms with van der Waals surface area (Å²) in [7, 11) is 2.24. The number of nitrogens with zero attached hydrogens (tertiary/aromatic N) is 1. The first kappa shape index (κ1) is 12.0. The fraction of sp³-hybridized carbons (Fsp3) is 0.600. The Morgan fingerprint density at radius 2 is 1.94 bits per heavy atom. The predicted octanol–water partition coefficient (Wildman–Crippen LogP) is 3.08. The second-order valence-corrected chi connectivity index (χ2v) is 5.64. The smallest absolute Gasteiger partial charge is 0.123 e. The van der Waals surface area contributed by atoms with Gasteiger partial charge in [0.2, 0.25) is 0 Å². The maximum atomic E-state index is 12.7. The lowest BCUT2D eigenvalue weighted by Crippen LogP contribution is -2.55. The maximum absolute atomic E-state index is 12.7. The van der Waals surface area contributed by atoms with Crippen LogP contribution in [0.2, 0.25) is 0 Å². The minimum atomic E-state index is -0.213. The molecule has 3 fully saturated rings. The molecule has 1 aromatic rings. The first-order chi connectivity index (χ1) is 8.72. The van der Waals surface area contributed by atoms with Gasteiger partial charge in [0.1, 0.15) is 11.6 Å². The highest BCUT2D eigenvalue weighted by Gasteiger charge is 2.41. The van der Waals surface area contributed by atoms with Crippen LogP contribution in [0.25, 0.3) is 0 Å². The summed E-state index contributed by atoms with van der Waals surface area (Å²) < 4.78 is 18.4. The van der Waals surface area contributed by atoms with E-state index in [4.69, 9.17) is 4.74 Å². The molecule has 18 heavy (non-hydrogen) atoms. The van der Waals surface area contributed by atoms with Crippen LogP contribution in [0.15, 0.2) is 24.3 Å². The van der Waals surface area contributed by atoms with E-state index in [9.17, 15) is 4.39 Å². The number of ether oxygens (including phenoxy) is 1. The Balaban J connectivity index is 1.46. The van der Waals surface area contributed by atoms with Crippen LogP contribution < -0.4 is 4.74 Å². The van der Waals surface area contributed by atoms with Crippen LogP contribution in [0.3, 0.4) is 0 Å². The lowest BCUT2D eigenvalue weighted by molar-refractivity contribution is -0.0201. The molecule has 1 atom stereocenters. The first-order valence-corrected chi connectivity index (χ1v) is 6.82. The van der Waals surface area contributed by atoms with Crippen molar-refractivity contribution in [2.75, 3.05) is 13.7 Å². The molecule has 4 rings (SSSR count). The van der Waals surface area contributed by atoms with E-state index in [1.165, 1.54) is 31.4 Å². The number of halogens is 1. The van der Waals surface area contributed by atoms with Crippen molar-refractivity contribution in [3.05, 3.63) is 30.1 Å². The maximum Gasteiger partial charge on any atom is 0.123 e. The number of fused-ring (bicyclic) bond motifs is 2. The zero-order chi connectivity index (χ0) is 12.5. The van der Waals surface area contributed by atoms with E-state index in [-0.39, 0.29) is 5.82 Å². The Hall–Kier alpha value is -1.09. The number of hydrogen-bond donors (Lipinski definition) is 0. The summed E-state index contributed by atoms with van der Waals surface area (Å²) in [5.74, 6) is 1.51. The molecule has 0 N–H and O–H groups in total. The summed E-state index contributed by atoms with van der Waals surface area (Å²) in [6.07, 6.45) is 5.18. The summed E-state index contributed by atoms with van der Waals surface area (Å²) in [6, 6.07) is 7.76. The summed E-state index contributed by atoms with van der Waals surface area (Å²) in [5, 5.41) is 0. The Morgan fingerprint density at radius 1 is 1.22 bits per heavy atom. The van der Waals surface area contributed by atoms with Gasteiger partial charge in [-0.25, -0.2) is 4.39 Å². The van der Waals surface area contributed by atoms with E-state index in [1.807, 2.05) is 0 Å². The average Bonchev–Trinajstić information content (AvgIpc) is 2.32. The van der Waals surface area contributed by atoms with Gasteiger partial charge in [0.05, 0.1) is 6.61 Å². The highest BCUT2D eigenvalue weighted by atomic mass is 19.1. The predicted molar refractivity (Wildman–Crippen MR) is 69.2 cm³/mol. The summed E-state index contributed by atoms with van der Waals surface area (Å²) in [5.41, 5.74) is 0. The van der Waals surface area contributed by atoms with Crippen molar-refractivity contribution in [2.45, 2.75) is 37.8 Å². The van der Waals surface area contributed by atoms with Crippen LogP contribution >= 0.6 is 0 Å². The monoisotopic (exact) mass is 249 g/mol. The molecule has 1 aliphatic carbocycles. The standard InChI is InChI=1S/C15H20FNO/c1-17-13(8-11-9-14(17)10-11)6-7-18-15-4-2-12(16)3-5-15/h2-5,11,13-14H,6-10H2,1H3. The molecule has 2 bridgehead atoms. The van der Waals surface area contributed by atoms with Crippen LogP contribution in [0, 0.1) is 11.7 Å². The molecule has 0 radical (unpaired) electrons. The topological polar surface area (TPSA) is 12.5 Å². The molecule has 0 amide bonds. The van der Waals surface area contributed by atoms with Crippen molar-refractivity contribution in [1.82, 2.24) is 4.90 Å². The molecule has 1 unspecified atom stereocenters. The van der Waals surface area contributed by atoms with Crippen LogP contribution in [0.1, 0.15) is 25.7 Å². The third-order valence-corrected chi connectivity index (χ3v) is 4.50. The minimum Gasteiger partial charge on any atom is -0.494 e. The van der Waals surface area contributed by atoms with E-state index < -0.39 is 0 Å². The van der Waals surface area contributed by atoms with Gasteiger partial charge in [-0.2, -0.15) is 0 Å². The van der Waals surface area contributed by atoms with Crippen LogP contribution in [0.4, 0.5) is 4.39 Å². The van der Waals surface area contributed by atoms with Gasteiger partial charge in [-0.3, -0.25) is 0 Å². The fourth-order valence-corrected chi connectivity index (χ4v) is 3.24. The van der Waals surface area contributed by atoms with Crippen LogP contribution in [-0.2, 0) is 0 Å². The highest BCUT2D eigenvalue weighted by molar-refractivity contribution is 5.21. The molecule has 1 saturated carbocycles. The SMILES string of the molecule is CN1C(CCOc2ccc(F)cc2)CC2CC1C2. The van der Waals surface area contributed by atoms with Gasteiger partial charge in [0, 0.05) is 12.1 Å². The van der Waals surface area contributed by atoms with Gasteiger partial charge in [0.25, 0.3) is 0 Å². The minimum absolute atomic E-state index is 0.213. The second kappa shape index (κ2) is 4.88. The number of piperidine rings is 2. The molecule has 98 valence electrons. The number of hydrogen-bond acceptors (Lipinski definition) is 2. The molecule has 0 spiro atoms. The van der Waals surface area contributed by atoms with Crippen molar-refractivity contribution >= 4 is 0 Å². The molecule has 3 heteroatoms. The van der Waals surface area contributed by atoms with Crippen molar-refractivity contribution in [2.24, 2.45) is 5.92 Å². The normalized spacial score (nSPS) is 30.9. The molecule has 2 saturated heterocycles. The third kappa shape index (κ3) is 2.37. The van der Waals surface area contributed by atoms with Crippen molar-refractivity contribution < 1.29 is 9.13 Å². The second-order valence-electron chi connectivity index (χ2n) is 5.64. The molecule has 2 heterocycles. The molecule has 2 nitrogen and oxygen atoms in total. The highest BCUT2D eigenvalue weighted by Crippen LogP contribution is 2.42. The molecule has 2 aliphatic heterocycles. The van der Waals surface area contributed by atoms with Crippen LogP contribution in [0.5, 0.6) is 5.75 Å². The molecule has 0 aromatic heterocycles. The van der Waals surface area contributed by atoms with E-state index in [0.717, 1.165) is 30.7 Å². The van der Waals surface area contributed by atoms with E-state index >= 15 is 0 Å². The van der Waals surface area contributed by atoms with Gasteiger partial charge in [0.15, 0.2) is 0 Å². The Kier molecular flexibility index (Phi) is 3.25. The lowest BCUT2D eigenvalue weighted by Gasteiger charge is -2.52. The Morgan fingerprint density at radius 3 is 2.61 bits per heavy atom. The van der Waals surface area contributed by atoms with Crippen LogP contribution in [-0.4, -0.2) is 30.6 Å². The quantitative estimate of drug-likeness (QED) is 0.813. The zero-order valence-electron chi connectivity index (χ0n) is 10.8. The summed E-state index contributed by atoms with van der Waals surface area (Å²) >= 11 is 0. The lowest BCUT2D eigenvalue weighted by atomic mass is 9.70. The average molecular weight is 249 g/mol. The molecule has 3 aliphatic rings. The van der Waals surface area contributed by atoms with Gasteiger partial charge in [-0.1, -0.05) is 0 Å².